The molecule has 0 fully saturated rings. The summed E-state index contributed by atoms with van der Waals surface area (Å²) < 4.78 is 14.3. The van der Waals surface area contributed by atoms with Crippen LogP contribution in [0, 0.1) is 11.7 Å². The Morgan fingerprint density at radius 3 is 2.40 bits per heavy atom. The smallest absolute Gasteiger partial charge is 0.146 e. The summed E-state index contributed by atoms with van der Waals surface area (Å²) in [4.78, 5) is 4.25. The van der Waals surface area contributed by atoms with Crippen molar-refractivity contribution in [1.82, 2.24) is 4.90 Å². The van der Waals surface area contributed by atoms with Crippen LogP contribution in [-0.2, 0) is 6.42 Å². The molecular formula is C16H28FN3. The molecule has 2 N–H and O–H groups in total. The molecule has 4 heteroatoms. The minimum atomic E-state index is -0.143. The van der Waals surface area contributed by atoms with E-state index in [9.17, 15) is 4.39 Å². The molecule has 1 rings (SSSR count). The van der Waals surface area contributed by atoms with Crippen LogP contribution in [0.4, 0.5) is 10.1 Å². The van der Waals surface area contributed by atoms with Gasteiger partial charge in [0.05, 0.1) is 5.69 Å². The van der Waals surface area contributed by atoms with Gasteiger partial charge in [-0.25, -0.2) is 4.39 Å². The SMILES string of the molecule is CC(C)CN(CCN(C)C)c1ccc(CCN)cc1F. The maximum atomic E-state index is 14.3. The van der Waals surface area contributed by atoms with Gasteiger partial charge in [0.2, 0.25) is 0 Å². The monoisotopic (exact) mass is 281 g/mol. The van der Waals surface area contributed by atoms with Crippen LogP contribution in [0.5, 0.6) is 0 Å². The number of nitrogens with two attached hydrogens (primary N) is 1. The Hall–Kier alpha value is -1.13. The Bertz CT molecular complexity index is 405. The standard InChI is InChI=1S/C16H28FN3/c1-13(2)12-20(10-9-19(3)4)16-6-5-14(7-8-18)11-15(16)17/h5-6,11,13H,7-10,12,18H2,1-4H3. The second kappa shape index (κ2) is 8.22. The fourth-order valence-electron chi connectivity index (χ4n) is 2.20. The maximum Gasteiger partial charge on any atom is 0.146 e. The summed E-state index contributed by atoms with van der Waals surface area (Å²) in [6.45, 7) is 7.47. The molecule has 114 valence electrons. The van der Waals surface area contributed by atoms with Crippen LogP contribution in [-0.4, -0.2) is 45.2 Å². The fraction of sp³-hybridized carbons (Fsp3) is 0.625. The van der Waals surface area contributed by atoms with Gasteiger partial charge >= 0.3 is 0 Å². The third-order valence-electron chi connectivity index (χ3n) is 3.19. The molecule has 0 heterocycles. The first-order valence-corrected chi connectivity index (χ1v) is 7.32. The van der Waals surface area contributed by atoms with Crippen molar-refractivity contribution in [3.63, 3.8) is 0 Å². The summed E-state index contributed by atoms with van der Waals surface area (Å²) in [5.74, 6) is 0.357. The highest BCUT2D eigenvalue weighted by atomic mass is 19.1. The van der Waals surface area contributed by atoms with Crippen molar-refractivity contribution in [2.75, 3.05) is 45.2 Å². The highest BCUT2D eigenvalue weighted by Crippen LogP contribution is 2.22. The Labute approximate surface area is 122 Å². The summed E-state index contributed by atoms with van der Waals surface area (Å²) >= 11 is 0. The van der Waals surface area contributed by atoms with Gasteiger partial charge in [0.15, 0.2) is 0 Å². The molecule has 3 nitrogen and oxygen atoms in total. The molecule has 0 amide bonds. The molecule has 0 saturated carbocycles. The van der Waals surface area contributed by atoms with Crippen LogP contribution < -0.4 is 10.6 Å². The minimum absolute atomic E-state index is 0.143. The number of likely N-dealkylation sites (N-methyl/N-ethyl adjacent to an activating group) is 1. The van der Waals surface area contributed by atoms with E-state index in [1.165, 1.54) is 0 Å². The number of nitrogens with zero attached hydrogens (tertiary/aromatic N) is 2. The normalized spacial score (nSPS) is 11.4. The quantitative estimate of drug-likeness (QED) is 0.794. The Morgan fingerprint density at radius 1 is 1.20 bits per heavy atom. The van der Waals surface area contributed by atoms with Gasteiger partial charge in [-0.05, 0) is 50.7 Å². The summed E-state index contributed by atoms with van der Waals surface area (Å²) in [7, 11) is 4.07. The van der Waals surface area contributed by atoms with Gasteiger partial charge in [0, 0.05) is 19.6 Å². The molecule has 0 aromatic heterocycles. The van der Waals surface area contributed by atoms with Crippen LogP contribution in [0.3, 0.4) is 0 Å². The van der Waals surface area contributed by atoms with Crippen LogP contribution in [0.2, 0.25) is 0 Å². The van der Waals surface area contributed by atoms with E-state index in [-0.39, 0.29) is 5.82 Å². The molecule has 0 saturated heterocycles. The lowest BCUT2D eigenvalue weighted by atomic mass is 10.1. The number of rotatable bonds is 8. The molecule has 20 heavy (non-hydrogen) atoms. The average molecular weight is 281 g/mol. The first kappa shape index (κ1) is 16.9. The van der Waals surface area contributed by atoms with Crippen molar-refractivity contribution in [2.24, 2.45) is 11.7 Å². The molecule has 0 spiro atoms. The lowest BCUT2D eigenvalue weighted by molar-refractivity contribution is 0.407. The molecule has 0 aliphatic heterocycles. The third-order valence-corrected chi connectivity index (χ3v) is 3.19. The maximum absolute atomic E-state index is 14.3. The van der Waals surface area contributed by atoms with Crippen molar-refractivity contribution in [1.29, 1.82) is 0 Å². The number of hydrogen-bond donors (Lipinski definition) is 1. The zero-order valence-electron chi connectivity index (χ0n) is 13.2. The molecule has 0 atom stereocenters. The number of benzene rings is 1. The van der Waals surface area contributed by atoms with Crippen LogP contribution >= 0.6 is 0 Å². The fourth-order valence-corrected chi connectivity index (χ4v) is 2.20. The van der Waals surface area contributed by atoms with E-state index < -0.39 is 0 Å². The molecule has 0 bridgehead atoms. The van der Waals surface area contributed by atoms with Gasteiger partial charge in [-0.1, -0.05) is 19.9 Å². The molecule has 0 aliphatic carbocycles. The predicted molar refractivity (Wildman–Crippen MR) is 84.8 cm³/mol. The molecular weight excluding hydrogens is 253 g/mol. The lowest BCUT2D eigenvalue weighted by Crippen LogP contribution is -2.35. The average Bonchev–Trinajstić information content (AvgIpc) is 2.35. The molecule has 1 aromatic carbocycles. The van der Waals surface area contributed by atoms with Crippen molar-refractivity contribution in [3.05, 3.63) is 29.6 Å². The zero-order chi connectivity index (χ0) is 15.1. The van der Waals surface area contributed by atoms with Gasteiger partial charge in [0.1, 0.15) is 5.82 Å². The summed E-state index contributed by atoms with van der Waals surface area (Å²) in [5, 5.41) is 0. The topological polar surface area (TPSA) is 32.5 Å². The highest BCUT2D eigenvalue weighted by molar-refractivity contribution is 5.49. The third kappa shape index (κ3) is 5.47. The Balaban J connectivity index is 2.88. The van der Waals surface area contributed by atoms with Gasteiger partial charge in [-0.15, -0.1) is 0 Å². The van der Waals surface area contributed by atoms with E-state index in [0.29, 0.717) is 18.2 Å². The number of anilines is 1. The minimum Gasteiger partial charge on any atom is -0.368 e. The van der Waals surface area contributed by atoms with Gasteiger partial charge in [-0.3, -0.25) is 0 Å². The van der Waals surface area contributed by atoms with Crippen LogP contribution in [0.1, 0.15) is 19.4 Å². The number of halogens is 1. The van der Waals surface area contributed by atoms with E-state index in [0.717, 1.165) is 31.6 Å². The van der Waals surface area contributed by atoms with Gasteiger partial charge in [-0.2, -0.15) is 0 Å². The lowest BCUT2D eigenvalue weighted by Gasteiger charge is -2.28. The van der Waals surface area contributed by atoms with E-state index in [1.807, 2.05) is 26.2 Å². The molecule has 0 radical (unpaired) electrons. The molecule has 0 unspecified atom stereocenters. The van der Waals surface area contributed by atoms with Crippen molar-refractivity contribution in [2.45, 2.75) is 20.3 Å². The summed E-state index contributed by atoms with van der Waals surface area (Å²) in [6, 6.07) is 5.48. The first-order chi connectivity index (χ1) is 9.43. The van der Waals surface area contributed by atoms with Crippen LogP contribution in [0.15, 0.2) is 18.2 Å². The number of hydrogen-bond acceptors (Lipinski definition) is 3. The molecule has 0 aliphatic rings. The zero-order valence-corrected chi connectivity index (χ0v) is 13.2. The van der Waals surface area contributed by atoms with Crippen molar-refractivity contribution < 1.29 is 4.39 Å². The van der Waals surface area contributed by atoms with Gasteiger partial charge in [0.25, 0.3) is 0 Å². The van der Waals surface area contributed by atoms with Crippen molar-refractivity contribution >= 4 is 5.69 Å². The second-order valence-electron chi connectivity index (χ2n) is 5.97. The molecule has 1 aromatic rings. The second-order valence-corrected chi connectivity index (χ2v) is 5.97. The van der Waals surface area contributed by atoms with Gasteiger partial charge < -0.3 is 15.5 Å². The Morgan fingerprint density at radius 2 is 1.90 bits per heavy atom. The van der Waals surface area contributed by atoms with Crippen LogP contribution in [0.25, 0.3) is 0 Å². The van der Waals surface area contributed by atoms with E-state index in [4.69, 9.17) is 5.73 Å². The summed E-state index contributed by atoms with van der Waals surface area (Å²) in [6.07, 6.45) is 0.721. The highest BCUT2D eigenvalue weighted by Gasteiger charge is 2.13. The van der Waals surface area contributed by atoms with Crippen molar-refractivity contribution in [3.8, 4) is 0 Å². The van der Waals surface area contributed by atoms with E-state index in [2.05, 4.69) is 23.6 Å². The predicted octanol–water partition coefficient (Wildman–Crippen LogP) is 2.35. The van der Waals surface area contributed by atoms with E-state index in [1.54, 1.807) is 6.07 Å². The summed E-state index contributed by atoms with van der Waals surface area (Å²) in [5.41, 5.74) is 7.18. The largest absolute Gasteiger partial charge is 0.368 e. The first-order valence-electron chi connectivity index (χ1n) is 7.32. The Kier molecular flexibility index (Phi) is 6.96. The van der Waals surface area contributed by atoms with E-state index >= 15 is 0 Å².